The molecule has 226 valence electrons. The first kappa shape index (κ1) is 36.8. The summed E-state index contributed by atoms with van der Waals surface area (Å²) >= 11 is 0. The van der Waals surface area contributed by atoms with Crippen LogP contribution >= 0.6 is 0 Å². The molecule has 0 aromatic heterocycles. The molecule has 1 aromatic carbocycles. The van der Waals surface area contributed by atoms with Gasteiger partial charge in [0.05, 0.1) is 12.7 Å². The van der Waals surface area contributed by atoms with E-state index < -0.39 is 17.5 Å². The van der Waals surface area contributed by atoms with Crippen LogP contribution in [-0.4, -0.2) is 48.9 Å². The molecule has 1 aromatic rings. The third-order valence-corrected chi connectivity index (χ3v) is 6.58. The van der Waals surface area contributed by atoms with Gasteiger partial charge in [0.1, 0.15) is 11.6 Å². The van der Waals surface area contributed by atoms with Crippen LogP contribution in [0.25, 0.3) is 0 Å². The maximum Gasteiger partial charge on any atom is 0.274 e. The standard InChI is InChI=1S/C24H29F2N3O3.C4H10.2C2H6/c1-7-28(5)24(31)21-22(32-6)15(4)19(20-13(2)8-9-29(20)21)23(30)27-12-16-10-14(3)17(25)11-18(16)26;1-3-4-2;2*1-2/h10-11,13H,4,7-9,12H2,1-3,5-6H3,(H,27,30);3-4H2,1-2H3;2*1-2H3. The van der Waals surface area contributed by atoms with E-state index >= 15 is 0 Å². The Balaban J connectivity index is 0.00000171. The topological polar surface area (TPSA) is 61.9 Å². The quantitative estimate of drug-likeness (QED) is 0.380. The highest BCUT2D eigenvalue weighted by molar-refractivity contribution is 6.03. The Morgan fingerprint density at radius 3 is 2.17 bits per heavy atom. The summed E-state index contributed by atoms with van der Waals surface area (Å²) in [7, 11) is 3.14. The molecule has 1 unspecified atom stereocenters. The number of unbranched alkanes of at least 4 members (excludes halogenated alkanes) is 1. The first-order valence-corrected chi connectivity index (χ1v) is 14.5. The summed E-state index contributed by atoms with van der Waals surface area (Å²) in [6.07, 6.45) is 3.40. The van der Waals surface area contributed by atoms with Crippen molar-refractivity contribution in [2.75, 3.05) is 27.2 Å². The van der Waals surface area contributed by atoms with Gasteiger partial charge in [-0.2, -0.15) is 0 Å². The Bertz CT molecular complexity index is 1080. The van der Waals surface area contributed by atoms with Crippen LogP contribution in [0.3, 0.4) is 0 Å². The summed E-state index contributed by atoms with van der Waals surface area (Å²) in [4.78, 5) is 29.7. The summed E-state index contributed by atoms with van der Waals surface area (Å²) in [5.41, 5.74) is 2.19. The van der Waals surface area contributed by atoms with Crippen LogP contribution in [0.5, 0.6) is 0 Å². The number of benzene rings is 1. The van der Waals surface area contributed by atoms with Crippen molar-refractivity contribution in [2.24, 2.45) is 5.92 Å². The number of hydrogen-bond donors (Lipinski definition) is 1. The van der Waals surface area contributed by atoms with E-state index in [2.05, 4.69) is 25.7 Å². The van der Waals surface area contributed by atoms with Crippen molar-refractivity contribution in [1.82, 2.24) is 15.1 Å². The minimum atomic E-state index is -0.725. The number of nitrogens with zero attached hydrogens (tertiary/aromatic N) is 2. The molecule has 40 heavy (non-hydrogen) atoms. The van der Waals surface area contributed by atoms with Gasteiger partial charge in [-0.1, -0.05) is 67.9 Å². The number of ether oxygens (including phenoxy) is 1. The van der Waals surface area contributed by atoms with E-state index in [0.29, 0.717) is 41.2 Å². The molecule has 2 heterocycles. The van der Waals surface area contributed by atoms with Gasteiger partial charge in [-0.15, -0.1) is 0 Å². The van der Waals surface area contributed by atoms with E-state index in [0.717, 1.165) is 12.5 Å². The number of allylic oxidation sites excluding steroid dienone is 2. The molecule has 2 amide bonds. The van der Waals surface area contributed by atoms with Crippen LogP contribution in [0.2, 0.25) is 0 Å². The van der Waals surface area contributed by atoms with Gasteiger partial charge in [0.2, 0.25) is 0 Å². The molecular weight excluding hydrogens is 512 g/mol. The lowest BCUT2D eigenvalue weighted by Crippen LogP contribution is -2.40. The normalized spacial score (nSPS) is 15.6. The van der Waals surface area contributed by atoms with Crippen LogP contribution in [0.4, 0.5) is 8.78 Å². The van der Waals surface area contributed by atoms with Crippen LogP contribution in [-0.2, 0) is 20.9 Å². The summed E-state index contributed by atoms with van der Waals surface area (Å²) in [6.45, 7) is 22.8. The fourth-order valence-corrected chi connectivity index (χ4v) is 4.12. The van der Waals surface area contributed by atoms with Gasteiger partial charge in [0.15, 0.2) is 11.5 Å². The first-order valence-electron chi connectivity index (χ1n) is 14.5. The Kier molecular flexibility index (Phi) is 16.8. The molecule has 1 saturated heterocycles. The number of likely N-dealkylation sites (N-methyl/N-ethyl adjacent to an activating group) is 1. The fourth-order valence-electron chi connectivity index (χ4n) is 4.12. The second kappa shape index (κ2) is 18.2. The molecule has 2 aliphatic heterocycles. The Morgan fingerprint density at radius 1 is 1.10 bits per heavy atom. The Morgan fingerprint density at radius 2 is 1.68 bits per heavy atom. The highest BCUT2D eigenvalue weighted by Gasteiger charge is 2.42. The van der Waals surface area contributed by atoms with Gasteiger partial charge in [-0.25, -0.2) is 8.78 Å². The SMILES string of the molecule is C=C1C(OC)=C(C(=O)N(C)CC)N2CCC(C)C2=C1C(=O)NCc1cc(C)c(F)cc1F.CC.CC.CCCC. The number of nitrogens with one attached hydrogen (secondary N) is 1. The zero-order chi connectivity index (χ0) is 31.2. The molecule has 1 N–H and O–H groups in total. The van der Waals surface area contributed by atoms with E-state index in [1.165, 1.54) is 32.9 Å². The third kappa shape index (κ3) is 8.67. The zero-order valence-electron chi connectivity index (χ0n) is 26.6. The van der Waals surface area contributed by atoms with Crippen LogP contribution in [0, 0.1) is 24.5 Å². The minimum Gasteiger partial charge on any atom is -0.494 e. The molecule has 0 radical (unpaired) electrons. The number of halogens is 2. The minimum absolute atomic E-state index is 0.0189. The van der Waals surface area contributed by atoms with Crippen molar-refractivity contribution in [2.45, 2.75) is 88.1 Å². The second-order valence-corrected chi connectivity index (χ2v) is 9.16. The number of hydrogen-bond acceptors (Lipinski definition) is 4. The average Bonchev–Trinajstić information content (AvgIpc) is 3.35. The van der Waals surface area contributed by atoms with Crippen LogP contribution in [0.1, 0.15) is 85.8 Å². The zero-order valence-corrected chi connectivity index (χ0v) is 26.6. The largest absolute Gasteiger partial charge is 0.494 e. The van der Waals surface area contributed by atoms with Crippen LogP contribution < -0.4 is 5.32 Å². The van der Waals surface area contributed by atoms with Crippen LogP contribution in [0.15, 0.2) is 47.0 Å². The van der Waals surface area contributed by atoms with Gasteiger partial charge < -0.3 is 19.9 Å². The highest BCUT2D eigenvalue weighted by atomic mass is 19.1. The second-order valence-electron chi connectivity index (χ2n) is 9.16. The fraction of sp³-hybridized carbons (Fsp3) is 0.562. The summed E-state index contributed by atoms with van der Waals surface area (Å²) in [5.74, 6) is -1.75. The number of aryl methyl sites for hydroxylation is 1. The Labute approximate surface area is 241 Å². The lowest BCUT2D eigenvalue weighted by Gasteiger charge is -2.34. The van der Waals surface area contributed by atoms with Crippen molar-refractivity contribution in [3.05, 3.63) is 69.8 Å². The number of rotatable bonds is 7. The summed E-state index contributed by atoms with van der Waals surface area (Å²) < 4.78 is 33.2. The van der Waals surface area contributed by atoms with Gasteiger partial charge >= 0.3 is 0 Å². The molecule has 8 heteroatoms. The van der Waals surface area contributed by atoms with E-state index in [-0.39, 0.29) is 29.7 Å². The molecule has 3 rings (SSSR count). The predicted octanol–water partition coefficient (Wildman–Crippen LogP) is 7.25. The lowest BCUT2D eigenvalue weighted by atomic mass is 9.92. The monoisotopic (exact) mass is 563 g/mol. The van der Waals surface area contributed by atoms with E-state index in [1.54, 1.807) is 11.9 Å². The molecule has 6 nitrogen and oxygen atoms in total. The lowest BCUT2D eigenvalue weighted by molar-refractivity contribution is -0.127. The average molecular weight is 564 g/mol. The first-order chi connectivity index (χ1) is 19.0. The summed E-state index contributed by atoms with van der Waals surface area (Å²) in [5, 5.41) is 2.72. The molecule has 2 aliphatic rings. The van der Waals surface area contributed by atoms with Gasteiger partial charge in [0.25, 0.3) is 11.8 Å². The van der Waals surface area contributed by atoms with Gasteiger partial charge in [-0.05, 0) is 37.8 Å². The molecule has 0 aliphatic carbocycles. The van der Waals surface area contributed by atoms with Gasteiger partial charge in [-0.3, -0.25) is 9.59 Å². The van der Waals surface area contributed by atoms with Crippen molar-refractivity contribution in [3.63, 3.8) is 0 Å². The maximum absolute atomic E-state index is 14.1. The van der Waals surface area contributed by atoms with E-state index in [9.17, 15) is 18.4 Å². The molecule has 0 saturated carbocycles. The third-order valence-electron chi connectivity index (χ3n) is 6.58. The molecule has 1 atom stereocenters. The number of methoxy groups -OCH3 is 1. The van der Waals surface area contributed by atoms with Crippen molar-refractivity contribution >= 4 is 11.8 Å². The highest BCUT2D eigenvalue weighted by Crippen LogP contribution is 2.43. The molecule has 0 bridgehead atoms. The number of fused-ring (bicyclic) bond motifs is 1. The number of carbonyl (C=O) groups excluding carboxylic acids is 2. The van der Waals surface area contributed by atoms with Crippen molar-refractivity contribution < 1.29 is 23.1 Å². The van der Waals surface area contributed by atoms with Crippen molar-refractivity contribution in [3.8, 4) is 0 Å². The number of amides is 2. The summed E-state index contributed by atoms with van der Waals surface area (Å²) in [6, 6.07) is 2.19. The smallest absolute Gasteiger partial charge is 0.274 e. The van der Waals surface area contributed by atoms with Crippen molar-refractivity contribution in [1.29, 1.82) is 0 Å². The predicted molar refractivity (Wildman–Crippen MR) is 160 cm³/mol. The molecule has 0 spiro atoms. The number of carbonyl (C=O) groups is 2. The maximum atomic E-state index is 14.1. The van der Waals surface area contributed by atoms with Gasteiger partial charge in [0, 0.05) is 49.6 Å². The van der Waals surface area contributed by atoms with E-state index in [1.807, 2.05) is 46.4 Å². The van der Waals surface area contributed by atoms with E-state index in [4.69, 9.17) is 4.74 Å². The molecule has 1 fully saturated rings. The Hall–Kier alpha value is -3.16. The molecular formula is C32H51F2N3O3.